The maximum Gasteiger partial charge on any atom is 0.270 e. The van der Waals surface area contributed by atoms with Gasteiger partial charge in [-0.15, -0.1) is 11.3 Å². The van der Waals surface area contributed by atoms with Gasteiger partial charge in [-0.25, -0.2) is 9.37 Å². The minimum Gasteiger partial charge on any atom is -0.486 e. The lowest BCUT2D eigenvalue weighted by Gasteiger charge is -2.04. The summed E-state index contributed by atoms with van der Waals surface area (Å²) in [5, 5.41) is 5.20. The maximum absolute atomic E-state index is 12.8. The second-order valence-corrected chi connectivity index (χ2v) is 6.14. The summed E-state index contributed by atoms with van der Waals surface area (Å²) in [6.07, 6.45) is 2.39. The molecule has 0 spiro atoms. The average molecular weight is 357 g/mol. The van der Waals surface area contributed by atoms with Gasteiger partial charge in [0.15, 0.2) is 0 Å². The number of rotatable bonds is 7. The zero-order chi connectivity index (χ0) is 17.5. The molecule has 0 bridgehead atoms. The summed E-state index contributed by atoms with van der Waals surface area (Å²) >= 11 is 1.35. The van der Waals surface area contributed by atoms with Crippen molar-refractivity contribution >= 4 is 17.2 Å². The van der Waals surface area contributed by atoms with Gasteiger partial charge in [0.25, 0.3) is 5.91 Å². The van der Waals surface area contributed by atoms with Crippen molar-refractivity contribution in [1.82, 2.24) is 15.3 Å². The molecule has 3 rings (SSSR count). The number of ether oxygens (including phenoxy) is 1. The summed E-state index contributed by atoms with van der Waals surface area (Å²) in [5.74, 6) is 0.0180. The van der Waals surface area contributed by atoms with E-state index in [1.165, 1.54) is 23.5 Å². The van der Waals surface area contributed by atoms with Crippen molar-refractivity contribution in [3.63, 3.8) is 0 Å². The van der Waals surface area contributed by atoms with Crippen LogP contribution in [0.2, 0.25) is 0 Å². The van der Waals surface area contributed by atoms with Crippen LogP contribution >= 0.6 is 11.3 Å². The number of carbonyl (C=O) groups excluding carboxylic acids is 1. The summed E-state index contributed by atoms with van der Waals surface area (Å²) in [6.45, 7) is 0.728. The normalized spacial score (nSPS) is 10.4. The Morgan fingerprint density at radius 1 is 1.20 bits per heavy atom. The molecule has 0 atom stereocenters. The average Bonchev–Trinajstić information content (AvgIpc) is 3.11. The van der Waals surface area contributed by atoms with Gasteiger partial charge in [-0.05, 0) is 36.4 Å². The number of thiazole rings is 1. The van der Waals surface area contributed by atoms with Gasteiger partial charge in [0.2, 0.25) is 0 Å². The highest BCUT2D eigenvalue weighted by atomic mass is 32.1. The predicted molar refractivity (Wildman–Crippen MR) is 93.1 cm³/mol. The molecule has 0 saturated heterocycles. The van der Waals surface area contributed by atoms with Crippen LogP contribution in [0.15, 0.2) is 54.0 Å². The number of nitrogens with zero attached hydrogens (tertiary/aromatic N) is 2. The van der Waals surface area contributed by atoms with Crippen molar-refractivity contribution in [2.24, 2.45) is 0 Å². The summed E-state index contributed by atoms with van der Waals surface area (Å²) in [5.41, 5.74) is 1.29. The van der Waals surface area contributed by atoms with Crippen molar-refractivity contribution in [1.29, 1.82) is 0 Å². The second-order valence-electron chi connectivity index (χ2n) is 5.20. The molecule has 2 aromatic heterocycles. The van der Waals surface area contributed by atoms with Gasteiger partial charge in [-0.3, -0.25) is 9.78 Å². The Morgan fingerprint density at radius 2 is 2.04 bits per heavy atom. The first-order valence-corrected chi connectivity index (χ1v) is 8.59. The molecule has 1 N–H and O–H groups in total. The fourth-order valence-electron chi connectivity index (χ4n) is 2.10. The third kappa shape index (κ3) is 5.09. The van der Waals surface area contributed by atoms with E-state index in [-0.39, 0.29) is 18.3 Å². The zero-order valence-electron chi connectivity index (χ0n) is 13.3. The van der Waals surface area contributed by atoms with Gasteiger partial charge >= 0.3 is 0 Å². The summed E-state index contributed by atoms with van der Waals surface area (Å²) in [4.78, 5) is 20.6. The fourth-order valence-corrected chi connectivity index (χ4v) is 2.78. The van der Waals surface area contributed by atoms with Crippen LogP contribution < -0.4 is 10.1 Å². The van der Waals surface area contributed by atoms with Gasteiger partial charge < -0.3 is 10.1 Å². The minimum absolute atomic E-state index is 0.222. The summed E-state index contributed by atoms with van der Waals surface area (Å²) in [7, 11) is 0. The first-order valence-electron chi connectivity index (χ1n) is 7.71. The van der Waals surface area contributed by atoms with Gasteiger partial charge in [0.05, 0.1) is 0 Å². The number of halogens is 1. The van der Waals surface area contributed by atoms with Crippen LogP contribution in [0.3, 0.4) is 0 Å². The molecule has 0 fully saturated rings. The number of pyridine rings is 1. The zero-order valence-corrected chi connectivity index (χ0v) is 14.1. The smallest absolute Gasteiger partial charge is 0.270 e. The number of carbonyl (C=O) groups is 1. The lowest BCUT2D eigenvalue weighted by molar-refractivity contribution is 0.0949. The van der Waals surface area contributed by atoms with Crippen LogP contribution in [-0.2, 0) is 13.0 Å². The number of hydrogen-bond donors (Lipinski definition) is 1. The molecule has 3 aromatic rings. The number of benzene rings is 1. The molecular formula is C18H16FN3O2S. The molecule has 128 valence electrons. The molecule has 5 nitrogen and oxygen atoms in total. The van der Waals surface area contributed by atoms with Gasteiger partial charge in [0.1, 0.15) is 28.9 Å². The summed E-state index contributed by atoms with van der Waals surface area (Å²) < 4.78 is 18.4. The fraction of sp³-hybridized carbons (Fsp3) is 0.167. The number of hydrogen-bond acceptors (Lipinski definition) is 5. The van der Waals surface area contributed by atoms with Crippen molar-refractivity contribution in [2.45, 2.75) is 13.0 Å². The van der Waals surface area contributed by atoms with E-state index in [1.54, 1.807) is 23.7 Å². The topological polar surface area (TPSA) is 64.1 Å². The van der Waals surface area contributed by atoms with Crippen molar-refractivity contribution in [2.75, 3.05) is 6.54 Å². The van der Waals surface area contributed by atoms with Crippen LogP contribution in [0.4, 0.5) is 4.39 Å². The molecular weight excluding hydrogens is 341 g/mol. The Kier molecular flexibility index (Phi) is 5.69. The van der Waals surface area contributed by atoms with Crippen LogP contribution in [0.25, 0.3) is 0 Å². The standard InChI is InChI=1S/C18H16FN3O2S/c19-13-4-6-15(7-5-13)24-11-17-22-16(12-25-17)18(23)21-10-8-14-3-1-2-9-20-14/h1-7,9,12H,8,10-11H2,(H,21,23). The quantitative estimate of drug-likeness (QED) is 0.705. The van der Waals surface area contributed by atoms with E-state index in [9.17, 15) is 9.18 Å². The molecule has 7 heteroatoms. The lowest BCUT2D eigenvalue weighted by Crippen LogP contribution is -2.26. The molecule has 0 saturated carbocycles. The van der Waals surface area contributed by atoms with E-state index in [1.807, 2.05) is 18.2 Å². The Morgan fingerprint density at radius 3 is 2.80 bits per heavy atom. The van der Waals surface area contributed by atoms with E-state index in [0.717, 1.165) is 5.69 Å². The molecule has 1 aromatic carbocycles. The molecule has 25 heavy (non-hydrogen) atoms. The Hall–Kier alpha value is -2.80. The molecule has 0 unspecified atom stereocenters. The van der Waals surface area contributed by atoms with Crippen LogP contribution in [0.5, 0.6) is 5.75 Å². The van der Waals surface area contributed by atoms with Crippen LogP contribution in [-0.4, -0.2) is 22.4 Å². The highest BCUT2D eigenvalue weighted by molar-refractivity contribution is 7.09. The Labute approximate surface area is 148 Å². The van der Waals surface area contributed by atoms with E-state index in [0.29, 0.717) is 29.4 Å². The van der Waals surface area contributed by atoms with E-state index >= 15 is 0 Å². The molecule has 0 aliphatic heterocycles. The highest BCUT2D eigenvalue weighted by Gasteiger charge is 2.11. The number of aromatic nitrogens is 2. The van der Waals surface area contributed by atoms with Crippen molar-refractivity contribution < 1.29 is 13.9 Å². The van der Waals surface area contributed by atoms with Gasteiger partial charge in [0, 0.05) is 30.2 Å². The first-order chi connectivity index (χ1) is 12.2. The minimum atomic E-state index is -0.314. The largest absolute Gasteiger partial charge is 0.486 e. The molecule has 2 heterocycles. The van der Waals surface area contributed by atoms with Crippen molar-refractivity contribution in [3.05, 3.63) is 76.3 Å². The lowest BCUT2D eigenvalue weighted by atomic mass is 10.2. The predicted octanol–water partition coefficient (Wildman–Crippen LogP) is 3.23. The Bertz CT molecular complexity index is 822. The molecule has 1 amide bonds. The van der Waals surface area contributed by atoms with E-state index in [2.05, 4.69) is 15.3 Å². The number of nitrogens with one attached hydrogen (secondary N) is 1. The van der Waals surface area contributed by atoms with E-state index in [4.69, 9.17) is 4.74 Å². The molecule has 0 aliphatic rings. The van der Waals surface area contributed by atoms with Crippen LogP contribution in [0, 0.1) is 5.82 Å². The van der Waals surface area contributed by atoms with E-state index < -0.39 is 0 Å². The third-order valence-electron chi connectivity index (χ3n) is 3.35. The summed E-state index contributed by atoms with van der Waals surface area (Å²) in [6, 6.07) is 11.4. The Balaban J connectivity index is 1.47. The van der Waals surface area contributed by atoms with Crippen molar-refractivity contribution in [3.8, 4) is 5.75 Å². The highest BCUT2D eigenvalue weighted by Crippen LogP contribution is 2.16. The van der Waals surface area contributed by atoms with Crippen LogP contribution in [0.1, 0.15) is 21.2 Å². The maximum atomic E-state index is 12.8. The first kappa shape index (κ1) is 17.0. The SMILES string of the molecule is O=C(NCCc1ccccn1)c1csc(COc2ccc(F)cc2)n1. The van der Waals surface area contributed by atoms with Gasteiger partial charge in [-0.2, -0.15) is 0 Å². The second kappa shape index (κ2) is 8.34. The third-order valence-corrected chi connectivity index (χ3v) is 4.18. The monoisotopic (exact) mass is 357 g/mol. The molecule has 0 radical (unpaired) electrons. The molecule has 0 aliphatic carbocycles. The van der Waals surface area contributed by atoms with Gasteiger partial charge in [-0.1, -0.05) is 6.07 Å². The number of amides is 1.